The zero-order valence-corrected chi connectivity index (χ0v) is 20.4. The molecule has 3 heterocycles. The van der Waals surface area contributed by atoms with Crippen LogP contribution in [-0.4, -0.2) is 104 Å². The van der Waals surface area contributed by atoms with Crippen LogP contribution < -0.4 is 14.9 Å². The molecule has 0 bridgehead atoms. The fourth-order valence-corrected chi connectivity index (χ4v) is 4.42. The Bertz CT molecular complexity index is 1360. The minimum Gasteiger partial charge on any atom is -0.463 e. The number of hydrogen-bond donors (Lipinski definition) is 7. The Hall–Kier alpha value is -3.11. The second kappa shape index (κ2) is 10.8. The predicted octanol–water partition coefficient (Wildman–Crippen LogP) is -1.54. The number of aliphatic hydroxyl groups is 7. The van der Waals surface area contributed by atoms with Crippen LogP contribution in [0.15, 0.2) is 57.9 Å². The summed E-state index contributed by atoms with van der Waals surface area (Å²) >= 11 is 0. The maximum Gasteiger partial charge on any atom is 0.229 e. The summed E-state index contributed by atoms with van der Waals surface area (Å²) in [5.41, 5.74) is -1.21. The van der Waals surface area contributed by atoms with Crippen LogP contribution in [0, 0.1) is 0 Å². The molecule has 210 valence electrons. The van der Waals surface area contributed by atoms with E-state index in [9.17, 15) is 40.5 Å². The number of benzene rings is 2. The fourth-order valence-electron chi connectivity index (χ4n) is 4.42. The minimum absolute atomic E-state index is 0.147. The molecule has 2 fully saturated rings. The molecule has 39 heavy (non-hydrogen) atoms. The standard InChI is InChI=1S/C26H28O13/c27-8-18-20(30)21(31)22(32)24(39-18)38-14-5-6-15-17(7-14)35-9-16(19(15)29)12-1-3-13(4-2-12)37-25-23(33)26(34,10-28)11-36-25/h1-7,9,18,20-25,27-28,30-34H,8,10-11H2/t18-,20+,21-,22+,23+,24+,25-,26+/m0/s1. The van der Waals surface area contributed by atoms with Crippen molar-refractivity contribution in [2.45, 2.75) is 48.7 Å². The summed E-state index contributed by atoms with van der Waals surface area (Å²) in [6, 6.07) is 10.6. The van der Waals surface area contributed by atoms with Crippen molar-refractivity contribution in [3.8, 4) is 22.6 Å². The second-order valence-corrected chi connectivity index (χ2v) is 9.48. The smallest absolute Gasteiger partial charge is 0.229 e. The lowest BCUT2D eigenvalue weighted by Crippen LogP contribution is -2.60. The van der Waals surface area contributed by atoms with Crippen LogP contribution in [-0.2, 0) is 9.47 Å². The van der Waals surface area contributed by atoms with E-state index in [2.05, 4.69) is 0 Å². The van der Waals surface area contributed by atoms with Gasteiger partial charge >= 0.3 is 0 Å². The summed E-state index contributed by atoms with van der Waals surface area (Å²) < 4.78 is 27.4. The molecule has 0 aliphatic carbocycles. The van der Waals surface area contributed by atoms with Crippen molar-refractivity contribution in [3.63, 3.8) is 0 Å². The first-order valence-corrected chi connectivity index (χ1v) is 12.1. The van der Waals surface area contributed by atoms with Crippen LogP contribution in [0.25, 0.3) is 22.1 Å². The van der Waals surface area contributed by atoms with E-state index in [-0.39, 0.29) is 34.3 Å². The monoisotopic (exact) mass is 548 g/mol. The fraction of sp³-hybridized carbons (Fsp3) is 0.423. The maximum absolute atomic E-state index is 13.2. The molecule has 3 aromatic rings. The van der Waals surface area contributed by atoms with Gasteiger partial charge in [-0.15, -0.1) is 0 Å². The van der Waals surface area contributed by atoms with Gasteiger partial charge in [0.25, 0.3) is 0 Å². The highest BCUT2D eigenvalue weighted by Gasteiger charge is 2.49. The van der Waals surface area contributed by atoms with Gasteiger partial charge in [0.2, 0.25) is 12.6 Å². The third-order valence-electron chi connectivity index (χ3n) is 6.84. The maximum atomic E-state index is 13.2. The van der Waals surface area contributed by atoms with Gasteiger partial charge in [-0.05, 0) is 29.8 Å². The lowest BCUT2D eigenvalue weighted by Gasteiger charge is -2.39. The molecule has 0 radical (unpaired) electrons. The topological polar surface area (TPSA) is 209 Å². The van der Waals surface area contributed by atoms with Gasteiger partial charge in [-0.3, -0.25) is 4.79 Å². The van der Waals surface area contributed by atoms with Gasteiger partial charge in [0.1, 0.15) is 59.5 Å². The molecule has 0 unspecified atom stereocenters. The summed E-state index contributed by atoms with van der Waals surface area (Å²) in [6.45, 7) is -1.58. The molecule has 0 spiro atoms. The van der Waals surface area contributed by atoms with Crippen molar-refractivity contribution in [3.05, 3.63) is 59.0 Å². The van der Waals surface area contributed by atoms with Gasteiger partial charge in [-0.1, -0.05) is 12.1 Å². The van der Waals surface area contributed by atoms with E-state index in [0.29, 0.717) is 11.3 Å². The zero-order valence-electron chi connectivity index (χ0n) is 20.4. The van der Waals surface area contributed by atoms with Gasteiger partial charge in [0.15, 0.2) is 5.43 Å². The molecule has 8 atom stereocenters. The van der Waals surface area contributed by atoms with Gasteiger partial charge in [0.05, 0.1) is 30.8 Å². The average molecular weight is 548 g/mol. The highest BCUT2D eigenvalue weighted by molar-refractivity contribution is 5.82. The molecular formula is C26H28O13. The first-order valence-electron chi connectivity index (χ1n) is 12.1. The molecule has 13 heteroatoms. The SMILES string of the molecule is O=c1c(-c2ccc(O[C@@H]3OC[C@](O)(CO)[C@@H]3O)cc2)coc2cc(O[C@@H]3O[C@@H](CO)[C@@H](O)[C@H](O)[C@H]3O)ccc12. The Balaban J connectivity index is 1.31. The van der Waals surface area contributed by atoms with Crippen LogP contribution in [0.3, 0.4) is 0 Å². The van der Waals surface area contributed by atoms with Crippen molar-refractivity contribution in [2.24, 2.45) is 0 Å². The molecule has 0 saturated carbocycles. The molecule has 2 aliphatic rings. The van der Waals surface area contributed by atoms with E-state index in [4.69, 9.17) is 23.4 Å². The van der Waals surface area contributed by atoms with Crippen molar-refractivity contribution in [1.82, 2.24) is 0 Å². The van der Waals surface area contributed by atoms with Crippen molar-refractivity contribution in [2.75, 3.05) is 19.8 Å². The molecule has 2 aromatic carbocycles. The van der Waals surface area contributed by atoms with E-state index < -0.39 is 61.9 Å². The summed E-state index contributed by atoms with van der Waals surface area (Å²) in [6.07, 6.45) is -8.61. The van der Waals surface area contributed by atoms with Gasteiger partial charge < -0.3 is 59.1 Å². The highest BCUT2D eigenvalue weighted by Crippen LogP contribution is 2.30. The molecular weight excluding hydrogens is 520 g/mol. The Kier molecular flexibility index (Phi) is 7.61. The van der Waals surface area contributed by atoms with Crippen LogP contribution >= 0.6 is 0 Å². The van der Waals surface area contributed by atoms with E-state index in [0.717, 1.165) is 0 Å². The number of ether oxygens (including phenoxy) is 4. The Morgan fingerprint density at radius 3 is 2.26 bits per heavy atom. The van der Waals surface area contributed by atoms with Crippen molar-refractivity contribution in [1.29, 1.82) is 0 Å². The Labute approximate surface area is 220 Å². The molecule has 13 nitrogen and oxygen atoms in total. The predicted molar refractivity (Wildman–Crippen MR) is 131 cm³/mol. The minimum atomic E-state index is -1.81. The third kappa shape index (κ3) is 5.12. The molecule has 5 rings (SSSR count). The summed E-state index contributed by atoms with van der Waals surface area (Å²) in [4.78, 5) is 13.2. The van der Waals surface area contributed by atoms with Crippen molar-refractivity contribution >= 4 is 11.0 Å². The molecule has 2 saturated heterocycles. The molecule has 0 amide bonds. The van der Waals surface area contributed by atoms with E-state index in [1.807, 2.05) is 0 Å². The summed E-state index contributed by atoms with van der Waals surface area (Å²) in [7, 11) is 0. The van der Waals surface area contributed by atoms with Gasteiger partial charge in [-0.25, -0.2) is 0 Å². The number of fused-ring (bicyclic) bond motifs is 1. The number of rotatable bonds is 7. The van der Waals surface area contributed by atoms with E-state index in [1.165, 1.54) is 24.5 Å². The Morgan fingerprint density at radius 1 is 0.897 bits per heavy atom. The van der Waals surface area contributed by atoms with Crippen LogP contribution in [0.2, 0.25) is 0 Å². The van der Waals surface area contributed by atoms with E-state index in [1.54, 1.807) is 24.3 Å². The molecule has 2 aliphatic heterocycles. The zero-order chi connectivity index (χ0) is 27.9. The lowest BCUT2D eigenvalue weighted by atomic mass is 9.99. The summed E-state index contributed by atoms with van der Waals surface area (Å²) in [5, 5.41) is 69.1. The van der Waals surface area contributed by atoms with E-state index >= 15 is 0 Å². The Morgan fingerprint density at radius 2 is 1.59 bits per heavy atom. The average Bonchev–Trinajstić information content (AvgIpc) is 3.23. The lowest BCUT2D eigenvalue weighted by molar-refractivity contribution is -0.277. The second-order valence-electron chi connectivity index (χ2n) is 9.48. The van der Waals surface area contributed by atoms with Gasteiger partial charge in [-0.2, -0.15) is 0 Å². The van der Waals surface area contributed by atoms with Crippen LogP contribution in [0.4, 0.5) is 0 Å². The third-order valence-corrected chi connectivity index (χ3v) is 6.84. The first kappa shape index (κ1) is 27.5. The normalized spacial score (nSPS) is 32.8. The number of aliphatic hydroxyl groups excluding tert-OH is 6. The quantitative estimate of drug-likeness (QED) is 0.179. The largest absolute Gasteiger partial charge is 0.463 e. The first-order chi connectivity index (χ1) is 18.6. The van der Waals surface area contributed by atoms with Crippen molar-refractivity contribution < 1.29 is 59.1 Å². The van der Waals surface area contributed by atoms with Crippen LogP contribution in [0.1, 0.15) is 0 Å². The van der Waals surface area contributed by atoms with Gasteiger partial charge in [0, 0.05) is 6.07 Å². The van der Waals surface area contributed by atoms with Crippen LogP contribution in [0.5, 0.6) is 11.5 Å². The summed E-state index contributed by atoms with van der Waals surface area (Å²) in [5.74, 6) is 0.443. The highest BCUT2D eigenvalue weighted by atomic mass is 16.7. The number of hydrogen-bond acceptors (Lipinski definition) is 13. The molecule has 7 N–H and O–H groups in total. The molecule has 1 aromatic heterocycles.